The topological polar surface area (TPSA) is 29.3 Å². The molecule has 1 fully saturated rings. The van der Waals surface area contributed by atoms with Crippen molar-refractivity contribution >= 4 is 11.4 Å². The van der Waals surface area contributed by atoms with Crippen molar-refractivity contribution in [1.82, 2.24) is 0 Å². The molecule has 2 heteroatoms. The maximum absolute atomic E-state index is 6.23. The van der Waals surface area contributed by atoms with Crippen LogP contribution in [0.2, 0.25) is 0 Å². The zero-order valence-corrected chi connectivity index (χ0v) is 11.1. The minimum Gasteiger partial charge on any atom is -0.397 e. The molecule has 0 radical (unpaired) electrons. The second-order valence-electron chi connectivity index (χ2n) is 5.14. The van der Waals surface area contributed by atoms with Crippen LogP contribution in [-0.4, -0.2) is 12.6 Å². The van der Waals surface area contributed by atoms with Crippen molar-refractivity contribution in [3.63, 3.8) is 0 Å². The molecule has 1 aliphatic heterocycles. The fraction of sp³-hybridized carbons (Fsp3) is 0.600. The minimum absolute atomic E-state index is 0.692. The van der Waals surface area contributed by atoms with Gasteiger partial charge in [0, 0.05) is 12.6 Å². The number of aryl methyl sites for hydroxylation is 1. The highest BCUT2D eigenvalue weighted by atomic mass is 15.2. The van der Waals surface area contributed by atoms with Crippen molar-refractivity contribution in [2.24, 2.45) is 0 Å². The van der Waals surface area contributed by atoms with Crippen LogP contribution in [0.5, 0.6) is 0 Å². The summed E-state index contributed by atoms with van der Waals surface area (Å²) in [5.74, 6) is 0. The third-order valence-corrected chi connectivity index (χ3v) is 3.86. The number of nitrogens with zero attached hydrogens (tertiary/aromatic N) is 1. The quantitative estimate of drug-likeness (QED) is 0.804. The second-order valence-corrected chi connectivity index (χ2v) is 5.14. The number of nitrogens with two attached hydrogens (primary N) is 1. The summed E-state index contributed by atoms with van der Waals surface area (Å²) in [4.78, 5) is 2.54. The van der Waals surface area contributed by atoms with E-state index in [0.717, 1.165) is 5.69 Å². The highest BCUT2D eigenvalue weighted by Gasteiger charge is 2.23. The molecule has 0 aromatic heterocycles. The first-order valence-electron chi connectivity index (χ1n) is 6.85. The second kappa shape index (κ2) is 5.44. The highest BCUT2D eigenvalue weighted by molar-refractivity contribution is 5.71. The number of hydrogen-bond acceptors (Lipinski definition) is 2. The molecule has 0 saturated carbocycles. The Morgan fingerprint density at radius 1 is 1.35 bits per heavy atom. The molecule has 2 N–H and O–H groups in total. The van der Waals surface area contributed by atoms with Gasteiger partial charge in [-0.15, -0.1) is 0 Å². The number of para-hydroxylation sites is 1. The van der Waals surface area contributed by atoms with Gasteiger partial charge >= 0.3 is 0 Å². The Bertz CT molecular complexity index is 371. The Kier molecular flexibility index (Phi) is 3.93. The number of hydrogen-bond donors (Lipinski definition) is 1. The van der Waals surface area contributed by atoms with E-state index in [0.29, 0.717) is 6.04 Å². The molecule has 17 heavy (non-hydrogen) atoms. The van der Waals surface area contributed by atoms with Crippen LogP contribution < -0.4 is 10.6 Å². The van der Waals surface area contributed by atoms with E-state index in [1.807, 2.05) is 0 Å². The number of rotatable bonds is 3. The van der Waals surface area contributed by atoms with Gasteiger partial charge in [0.25, 0.3) is 0 Å². The fourth-order valence-corrected chi connectivity index (χ4v) is 2.87. The monoisotopic (exact) mass is 232 g/mol. The lowest BCUT2D eigenvalue weighted by atomic mass is 9.96. The first kappa shape index (κ1) is 12.3. The molecule has 0 aliphatic carbocycles. The van der Waals surface area contributed by atoms with E-state index in [9.17, 15) is 0 Å². The van der Waals surface area contributed by atoms with Gasteiger partial charge in [-0.05, 0) is 44.2 Å². The van der Waals surface area contributed by atoms with E-state index < -0.39 is 0 Å². The molecule has 1 aromatic carbocycles. The first-order chi connectivity index (χ1) is 8.24. The van der Waals surface area contributed by atoms with Crippen LogP contribution >= 0.6 is 0 Å². The molecule has 1 atom stereocenters. The summed E-state index contributed by atoms with van der Waals surface area (Å²) in [6, 6.07) is 7.09. The van der Waals surface area contributed by atoms with Crippen LogP contribution in [0.25, 0.3) is 0 Å². The van der Waals surface area contributed by atoms with E-state index in [4.69, 9.17) is 5.73 Å². The van der Waals surface area contributed by atoms with Crippen molar-refractivity contribution in [3.8, 4) is 0 Å². The molecular weight excluding hydrogens is 208 g/mol. The summed E-state index contributed by atoms with van der Waals surface area (Å²) in [5, 5.41) is 0. The lowest BCUT2D eigenvalue weighted by molar-refractivity contribution is 0.435. The fourth-order valence-electron chi connectivity index (χ4n) is 2.87. The lowest BCUT2D eigenvalue weighted by Crippen LogP contribution is -2.39. The van der Waals surface area contributed by atoms with Gasteiger partial charge < -0.3 is 10.6 Å². The molecular formula is C15H24N2. The average Bonchev–Trinajstić information content (AvgIpc) is 2.34. The Morgan fingerprint density at radius 3 is 2.94 bits per heavy atom. The first-order valence-corrected chi connectivity index (χ1v) is 6.85. The molecule has 1 saturated heterocycles. The van der Waals surface area contributed by atoms with Gasteiger partial charge in [-0.1, -0.05) is 25.5 Å². The maximum Gasteiger partial charge on any atom is 0.0605 e. The summed E-state index contributed by atoms with van der Waals surface area (Å²) in [6.45, 7) is 5.53. The average molecular weight is 232 g/mol. The lowest BCUT2D eigenvalue weighted by Gasteiger charge is -2.38. The molecule has 2 nitrogen and oxygen atoms in total. The van der Waals surface area contributed by atoms with Gasteiger partial charge in [-0.3, -0.25) is 0 Å². The third kappa shape index (κ3) is 2.56. The Labute approximate surface area is 105 Å². The molecule has 1 heterocycles. The smallest absolute Gasteiger partial charge is 0.0605 e. The number of nitrogen functional groups attached to an aromatic ring is 1. The van der Waals surface area contributed by atoms with E-state index >= 15 is 0 Å². The maximum atomic E-state index is 6.23. The molecule has 0 amide bonds. The normalized spacial score (nSPS) is 20.6. The SMILES string of the molecule is CCCC1CCCCN1c1cccc(C)c1N. The molecule has 0 spiro atoms. The molecule has 1 unspecified atom stereocenters. The van der Waals surface area contributed by atoms with Crippen molar-refractivity contribution in [1.29, 1.82) is 0 Å². The van der Waals surface area contributed by atoms with Crippen LogP contribution in [0.15, 0.2) is 18.2 Å². The van der Waals surface area contributed by atoms with E-state index in [-0.39, 0.29) is 0 Å². The van der Waals surface area contributed by atoms with Gasteiger partial charge in [0.2, 0.25) is 0 Å². The van der Waals surface area contributed by atoms with Crippen molar-refractivity contribution in [2.75, 3.05) is 17.2 Å². The third-order valence-electron chi connectivity index (χ3n) is 3.86. The van der Waals surface area contributed by atoms with Crippen LogP contribution in [0.1, 0.15) is 44.6 Å². The highest BCUT2D eigenvalue weighted by Crippen LogP contribution is 2.32. The van der Waals surface area contributed by atoms with E-state index in [2.05, 4.69) is 36.9 Å². The van der Waals surface area contributed by atoms with Crippen molar-refractivity contribution < 1.29 is 0 Å². The van der Waals surface area contributed by atoms with Gasteiger partial charge in [0.15, 0.2) is 0 Å². The molecule has 1 aromatic rings. The van der Waals surface area contributed by atoms with Gasteiger partial charge in [0.05, 0.1) is 11.4 Å². The van der Waals surface area contributed by atoms with Gasteiger partial charge in [-0.25, -0.2) is 0 Å². The van der Waals surface area contributed by atoms with E-state index in [1.54, 1.807) is 0 Å². The minimum atomic E-state index is 0.692. The summed E-state index contributed by atoms with van der Waals surface area (Å²) in [5.41, 5.74) is 9.65. The Hall–Kier alpha value is -1.18. The zero-order valence-electron chi connectivity index (χ0n) is 11.1. The molecule has 1 aliphatic rings. The van der Waals surface area contributed by atoms with Gasteiger partial charge in [-0.2, -0.15) is 0 Å². The Morgan fingerprint density at radius 2 is 2.18 bits per heavy atom. The molecule has 2 rings (SSSR count). The van der Waals surface area contributed by atoms with Crippen LogP contribution in [0, 0.1) is 6.92 Å². The predicted octanol–water partition coefficient (Wildman–Crippen LogP) is 3.74. The van der Waals surface area contributed by atoms with Crippen LogP contribution in [0.4, 0.5) is 11.4 Å². The van der Waals surface area contributed by atoms with Crippen LogP contribution in [-0.2, 0) is 0 Å². The standard InChI is InChI=1S/C15H24N2/c1-3-7-13-9-4-5-11-17(13)14-10-6-8-12(2)15(14)16/h6,8,10,13H,3-5,7,9,11,16H2,1-2H3. The van der Waals surface area contributed by atoms with Crippen LogP contribution in [0.3, 0.4) is 0 Å². The number of benzene rings is 1. The summed E-state index contributed by atoms with van der Waals surface area (Å²) >= 11 is 0. The molecule has 0 bridgehead atoms. The van der Waals surface area contributed by atoms with Gasteiger partial charge in [0.1, 0.15) is 0 Å². The Balaban J connectivity index is 2.26. The number of piperidine rings is 1. The summed E-state index contributed by atoms with van der Waals surface area (Å²) in [7, 11) is 0. The zero-order chi connectivity index (χ0) is 12.3. The largest absolute Gasteiger partial charge is 0.397 e. The van der Waals surface area contributed by atoms with Crippen molar-refractivity contribution in [3.05, 3.63) is 23.8 Å². The molecule has 94 valence electrons. The van der Waals surface area contributed by atoms with E-state index in [1.165, 1.54) is 49.9 Å². The summed E-state index contributed by atoms with van der Waals surface area (Å²) < 4.78 is 0. The predicted molar refractivity (Wildman–Crippen MR) is 75.5 cm³/mol. The summed E-state index contributed by atoms with van der Waals surface area (Å²) in [6.07, 6.45) is 6.53. The number of anilines is 2. The van der Waals surface area contributed by atoms with Crippen molar-refractivity contribution in [2.45, 2.75) is 52.0 Å².